The molecule has 0 aliphatic carbocycles. The van der Waals surface area contributed by atoms with E-state index in [9.17, 15) is 14.4 Å². The summed E-state index contributed by atoms with van der Waals surface area (Å²) in [6.07, 6.45) is 1.12. The van der Waals surface area contributed by atoms with Gasteiger partial charge in [-0.2, -0.15) is 5.10 Å². The Hall–Kier alpha value is -1.92. The molecule has 110 valence electrons. The second-order valence-corrected chi connectivity index (χ2v) is 5.51. The predicted octanol–water partition coefficient (Wildman–Crippen LogP) is -0.374. The molecule has 1 atom stereocenters. The minimum absolute atomic E-state index is 0.140. The highest BCUT2D eigenvalue weighted by Gasteiger charge is 2.31. The molecule has 7 nitrogen and oxygen atoms in total. The molecule has 1 unspecified atom stereocenters. The molecule has 2 rings (SSSR count). The molecule has 2 heterocycles. The Morgan fingerprint density at radius 3 is 2.75 bits per heavy atom. The Morgan fingerprint density at radius 1 is 1.45 bits per heavy atom. The van der Waals surface area contributed by atoms with Gasteiger partial charge in [0.05, 0.1) is 0 Å². The third-order valence-electron chi connectivity index (χ3n) is 3.58. The molecular formula is C13H20N4O3. The Balaban J connectivity index is 1.80. The molecule has 0 aromatic rings. The van der Waals surface area contributed by atoms with Crippen LogP contribution in [0.4, 0.5) is 0 Å². The fourth-order valence-electron chi connectivity index (χ4n) is 2.42. The summed E-state index contributed by atoms with van der Waals surface area (Å²) in [4.78, 5) is 36.4. The SMILES string of the molecule is CC(C)N1CC(CNC(=O)C2=NNC(=O)CC2)CC1=O. The third-order valence-corrected chi connectivity index (χ3v) is 3.58. The molecule has 1 saturated heterocycles. The van der Waals surface area contributed by atoms with Gasteiger partial charge < -0.3 is 10.2 Å². The maximum absolute atomic E-state index is 11.9. The maximum atomic E-state index is 11.9. The summed E-state index contributed by atoms with van der Waals surface area (Å²) >= 11 is 0. The van der Waals surface area contributed by atoms with E-state index in [0.717, 1.165) is 0 Å². The summed E-state index contributed by atoms with van der Waals surface area (Å²) in [5.41, 5.74) is 2.64. The molecule has 0 spiro atoms. The van der Waals surface area contributed by atoms with Crippen molar-refractivity contribution < 1.29 is 14.4 Å². The third kappa shape index (κ3) is 3.34. The summed E-state index contributed by atoms with van der Waals surface area (Å²) < 4.78 is 0. The summed E-state index contributed by atoms with van der Waals surface area (Å²) in [6.45, 7) is 5.11. The van der Waals surface area contributed by atoms with E-state index in [-0.39, 0.29) is 36.1 Å². The Kier molecular flexibility index (Phi) is 4.36. The first-order chi connectivity index (χ1) is 9.47. The van der Waals surface area contributed by atoms with Crippen LogP contribution >= 0.6 is 0 Å². The number of carbonyl (C=O) groups is 3. The van der Waals surface area contributed by atoms with E-state index in [1.165, 1.54) is 0 Å². The van der Waals surface area contributed by atoms with Gasteiger partial charge in [0.15, 0.2) is 0 Å². The molecule has 7 heteroatoms. The van der Waals surface area contributed by atoms with Gasteiger partial charge in [0.25, 0.3) is 5.91 Å². The largest absolute Gasteiger partial charge is 0.351 e. The van der Waals surface area contributed by atoms with Gasteiger partial charge in [0.1, 0.15) is 5.71 Å². The topological polar surface area (TPSA) is 90.9 Å². The Bertz CT molecular complexity index is 459. The summed E-state index contributed by atoms with van der Waals surface area (Å²) in [6, 6.07) is 0.195. The molecule has 0 aromatic heterocycles. The first kappa shape index (κ1) is 14.5. The van der Waals surface area contributed by atoms with E-state index < -0.39 is 0 Å². The molecule has 20 heavy (non-hydrogen) atoms. The van der Waals surface area contributed by atoms with Crippen molar-refractivity contribution in [1.82, 2.24) is 15.6 Å². The van der Waals surface area contributed by atoms with Crippen molar-refractivity contribution in [3.63, 3.8) is 0 Å². The number of hydrogen-bond acceptors (Lipinski definition) is 4. The highest BCUT2D eigenvalue weighted by Crippen LogP contribution is 2.19. The van der Waals surface area contributed by atoms with Crippen LogP contribution in [-0.4, -0.2) is 47.5 Å². The fourth-order valence-corrected chi connectivity index (χ4v) is 2.42. The van der Waals surface area contributed by atoms with Crippen LogP contribution in [-0.2, 0) is 14.4 Å². The van der Waals surface area contributed by atoms with Crippen molar-refractivity contribution in [3.05, 3.63) is 0 Å². The van der Waals surface area contributed by atoms with Gasteiger partial charge in [-0.1, -0.05) is 0 Å². The second kappa shape index (κ2) is 6.02. The Labute approximate surface area is 117 Å². The van der Waals surface area contributed by atoms with E-state index in [0.29, 0.717) is 31.6 Å². The molecule has 0 saturated carbocycles. The first-order valence-electron chi connectivity index (χ1n) is 6.90. The molecule has 0 bridgehead atoms. The van der Waals surface area contributed by atoms with E-state index in [2.05, 4.69) is 15.8 Å². The van der Waals surface area contributed by atoms with Crippen LogP contribution in [0.3, 0.4) is 0 Å². The molecule has 2 aliphatic heterocycles. The van der Waals surface area contributed by atoms with Crippen molar-refractivity contribution in [2.45, 2.75) is 39.2 Å². The zero-order valence-corrected chi connectivity index (χ0v) is 11.8. The fraction of sp³-hybridized carbons (Fsp3) is 0.692. The van der Waals surface area contributed by atoms with Crippen molar-refractivity contribution in [1.29, 1.82) is 0 Å². The number of nitrogens with zero attached hydrogens (tertiary/aromatic N) is 2. The minimum atomic E-state index is -0.263. The number of amides is 3. The van der Waals surface area contributed by atoms with Gasteiger partial charge in [-0.25, -0.2) is 5.43 Å². The van der Waals surface area contributed by atoms with Crippen LogP contribution in [0, 0.1) is 5.92 Å². The van der Waals surface area contributed by atoms with Gasteiger partial charge in [0, 0.05) is 44.3 Å². The smallest absolute Gasteiger partial charge is 0.267 e. The lowest BCUT2D eigenvalue weighted by molar-refractivity contribution is -0.129. The van der Waals surface area contributed by atoms with E-state index in [1.54, 1.807) is 0 Å². The monoisotopic (exact) mass is 280 g/mol. The average molecular weight is 280 g/mol. The maximum Gasteiger partial charge on any atom is 0.267 e. The molecular weight excluding hydrogens is 260 g/mol. The predicted molar refractivity (Wildman–Crippen MR) is 72.8 cm³/mol. The molecule has 2 aliphatic rings. The molecule has 0 radical (unpaired) electrons. The molecule has 0 aromatic carbocycles. The van der Waals surface area contributed by atoms with Crippen LogP contribution in [0.2, 0.25) is 0 Å². The van der Waals surface area contributed by atoms with Gasteiger partial charge >= 0.3 is 0 Å². The summed E-state index contributed by atoms with van der Waals surface area (Å²) in [5, 5.41) is 6.53. The van der Waals surface area contributed by atoms with Crippen molar-refractivity contribution >= 4 is 23.4 Å². The van der Waals surface area contributed by atoms with Crippen LogP contribution in [0.25, 0.3) is 0 Å². The average Bonchev–Trinajstić information content (AvgIpc) is 2.78. The number of carbonyl (C=O) groups excluding carboxylic acids is 3. The van der Waals surface area contributed by atoms with E-state index in [4.69, 9.17) is 0 Å². The summed E-state index contributed by atoms with van der Waals surface area (Å²) in [7, 11) is 0. The van der Waals surface area contributed by atoms with E-state index >= 15 is 0 Å². The van der Waals surface area contributed by atoms with Crippen molar-refractivity contribution in [3.8, 4) is 0 Å². The second-order valence-electron chi connectivity index (χ2n) is 5.51. The number of likely N-dealkylation sites (tertiary alicyclic amines) is 1. The van der Waals surface area contributed by atoms with Crippen LogP contribution in [0.15, 0.2) is 5.10 Å². The lowest BCUT2D eigenvalue weighted by Gasteiger charge is -2.21. The van der Waals surface area contributed by atoms with Crippen molar-refractivity contribution in [2.24, 2.45) is 11.0 Å². The standard InChI is InChI=1S/C13H20N4O3/c1-8(2)17-7-9(5-12(17)19)6-14-13(20)10-3-4-11(18)16-15-10/h8-9H,3-7H2,1-2H3,(H,14,20)(H,16,18). The van der Waals surface area contributed by atoms with Gasteiger partial charge in [-0.05, 0) is 13.8 Å². The van der Waals surface area contributed by atoms with Crippen molar-refractivity contribution in [2.75, 3.05) is 13.1 Å². The number of hydrogen-bond donors (Lipinski definition) is 2. The first-order valence-corrected chi connectivity index (χ1v) is 6.90. The number of rotatable bonds is 4. The van der Waals surface area contributed by atoms with E-state index in [1.807, 2.05) is 18.7 Å². The van der Waals surface area contributed by atoms with Gasteiger partial charge in [0.2, 0.25) is 11.8 Å². The Morgan fingerprint density at radius 2 is 2.20 bits per heavy atom. The van der Waals surface area contributed by atoms with Crippen LogP contribution in [0.5, 0.6) is 0 Å². The molecule has 2 N–H and O–H groups in total. The lowest BCUT2D eigenvalue weighted by atomic mass is 10.1. The zero-order chi connectivity index (χ0) is 14.7. The normalized spacial score (nSPS) is 22.9. The molecule has 1 fully saturated rings. The highest BCUT2D eigenvalue weighted by atomic mass is 16.2. The highest BCUT2D eigenvalue weighted by molar-refractivity contribution is 6.39. The quantitative estimate of drug-likeness (QED) is 0.736. The lowest BCUT2D eigenvalue weighted by Crippen LogP contribution is -2.39. The van der Waals surface area contributed by atoms with Crippen LogP contribution in [0.1, 0.15) is 33.1 Å². The number of hydrazone groups is 1. The summed E-state index contributed by atoms with van der Waals surface area (Å²) in [5.74, 6) is -0.148. The van der Waals surface area contributed by atoms with Crippen LogP contribution < -0.4 is 10.7 Å². The van der Waals surface area contributed by atoms with Gasteiger partial charge in [-0.3, -0.25) is 14.4 Å². The number of nitrogens with one attached hydrogen (secondary N) is 2. The zero-order valence-electron chi connectivity index (χ0n) is 11.8. The minimum Gasteiger partial charge on any atom is -0.351 e. The van der Waals surface area contributed by atoms with Gasteiger partial charge in [-0.15, -0.1) is 0 Å². The molecule has 3 amide bonds.